The molecule has 0 heterocycles. The van der Waals surface area contributed by atoms with Crippen LogP contribution in [0.5, 0.6) is 0 Å². The van der Waals surface area contributed by atoms with Crippen molar-refractivity contribution in [1.82, 2.24) is 0 Å². The molecule has 3 heteroatoms. The van der Waals surface area contributed by atoms with E-state index < -0.39 is 0 Å². The quantitative estimate of drug-likeness (QED) is 0.237. The van der Waals surface area contributed by atoms with E-state index in [4.69, 9.17) is 5.53 Å². The van der Waals surface area contributed by atoms with Gasteiger partial charge < -0.3 is 5.53 Å². The van der Waals surface area contributed by atoms with Crippen molar-refractivity contribution in [2.75, 3.05) is 0 Å². The van der Waals surface area contributed by atoms with Gasteiger partial charge in [0.2, 0.25) is 5.78 Å². The normalized spacial score (nSPS) is 7.56. The molecule has 48 valence electrons. The fourth-order valence-electron chi connectivity index (χ4n) is 0.373. The highest BCUT2D eigenvalue weighted by atomic mass is 16.1. The van der Waals surface area contributed by atoms with Crippen LogP contribution < -0.4 is 0 Å². The monoisotopic (exact) mass is 124 g/mol. The van der Waals surface area contributed by atoms with Crippen LogP contribution in [0, 0.1) is 0 Å². The maximum atomic E-state index is 10.4. The fraction of sp³-hybridized carbons (Fsp3) is 0.333. The first-order valence-electron chi connectivity index (χ1n) is 2.62. The summed E-state index contributed by atoms with van der Waals surface area (Å²) in [6.07, 6.45) is 3.53. The molecule has 9 heavy (non-hydrogen) atoms. The fourth-order valence-corrected chi connectivity index (χ4v) is 0.373. The molecule has 0 spiro atoms. The van der Waals surface area contributed by atoms with E-state index in [1.165, 1.54) is 0 Å². The van der Waals surface area contributed by atoms with Gasteiger partial charge in [-0.15, -0.1) is 6.58 Å². The van der Waals surface area contributed by atoms with Crippen molar-refractivity contribution in [3.8, 4) is 0 Å². The molecule has 0 aromatic rings. The van der Waals surface area contributed by atoms with Crippen LogP contribution in [0.4, 0.5) is 0 Å². The summed E-state index contributed by atoms with van der Waals surface area (Å²) in [6, 6.07) is 0. The zero-order valence-corrected chi connectivity index (χ0v) is 5.08. The summed E-state index contributed by atoms with van der Waals surface area (Å²) in [5, 5.41) is 0. The Kier molecular flexibility index (Phi) is 4.27. The van der Waals surface area contributed by atoms with Gasteiger partial charge in [0.15, 0.2) is 0 Å². The highest BCUT2D eigenvalue weighted by molar-refractivity contribution is 6.25. The second-order valence-corrected chi connectivity index (χ2v) is 1.54. The molecule has 0 radical (unpaired) electrons. The summed E-state index contributed by atoms with van der Waals surface area (Å²) < 4.78 is 0. The third-order valence-corrected chi connectivity index (χ3v) is 0.797. The van der Waals surface area contributed by atoms with Crippen LogP contribution in [-0.2, 0) is 4.79 Å². The Morgan fingerprint density at radius 1 is 1.78 bits per heavy atom. The molecule has 0 aliphatic rings. The SMILES string of the molecule is C=CCCC(=O)C=[N+]=[N-]. The molecular formula is C6H8N2O. The van der Waals surface area contributed by atoms with Gasteiger partial charge in [-0.25, -0.2) is 0 Å². The first-order valence-corrected chi connectivity index (χ1v) is 2.62. The smallest absolute Gasteiger partial charge is 0.323 e. The van der Waals surface area contributed by atoms with Gasteiger partial charge in [0, 0.05) is 6.42 Å². The molecule has 0 bridgehead atoms. The topological polar surface area (TPSA) is 53.5 Å². The van der Waals surface area contributed by atoms with Gasteiger partial charge in [-0.2, -0.15) is 4.79 Å². The number of rotatable bonds is 4. The second kappa shape index (κ2) is 4.94. The summed E-state index contributed by atoms with van der Waals surface area (Å²) in [5.74, 6) is -0.183. The lowest BCUT2D eigenvalue weighted by Crippen LogP contribution is -1.97. The third-order valence-electron chi connectivity index (χ3n) is 0.797. The molecule has 0 rings (SSSR count). The third kappa shape index (κ3) is 4.65. The van der Waals surface area contributed by atoms with E-state index in [-0.39, 0.29) is 5.78 Å². The van der Waals surface area contributed by atoms with Crippen molar-refractivity contribution in [3.05, 3.63) is 18.2 Å². The minimum atomic E-state index is -0.183. The Balaban J connectivity index is 3.50. The first kappa shape index (κ1) is 7.79. The van der Waals surface area contributed by atoms with E-state index in [0.717, 1.165) is 6.21 Å². The lowest BCUT2D eigenvalue weighted by molar-refractivity contribution is -0.116. The van der Waals surface area contributed by atoms with Gasteiger partial charge in [0.25, 0.3) is 0 Å². The van der Waals surface area contributed by atoms with Gasteiger partial charge in [-0.05, 0) is 6.42 Å². The van der Waals surface area contributed by atoms with Crippen molar-refractivity contribution in [3.63, 3.8) is 0 Å². The first-order chi connectivity index (χ1) is 4.31. The standard InChI is InChI=1S/C6H8N2O/c1-2-3-4-6(9)5-8-7/h2,5H,1,3-4H2. The summed E-state index contributed by atoms with van der Waals surface area (Å²) >= 11 is 0. The number of carbonyl (C=O) groups excluding carboxylic acids is 1. The lowest BCUT2D eigenvalue weighted by Gasteiger charge is -1.80. The van der Waals surface area contributed by atoms with Crippen LogP contribution >= 0.6 is 0 Å². The molecule has 0 saturated carbocycles. The van der Waals surface area contributed by atoms with E-state index in [1.807, 2.05) is 0 Å². The van der Waals surface area contributed by atoms with E-state index in [0.29, 0.717) is 12.8 Å². The molecule has 0 aliphatic heterocycles. The van der Waals surface area contributed by atoms with Crippen LogP contribution in [0.1, 0.15) is 12.8 Å². The van der Waals surface area contributed by atoms with E-state index in [9.17, 15) is 4.79 Å². The van der Waals surface area contributed by atoms with Crippen LogP contribution in [0.2, 0.25) is 0 Å². The van der Waals surface area contributed by atoms with E-state index >= 15 is 0 Å². The number of hydrogen-bond acceptors (Lipinski definition) is 1. The van der Waals surface area contributed by atoms with Gasteiger partial charge >= 0.3 is 6.21 Å². The van der Waals surface area contributed by atoms with E-state index in [2.05, 4.69) is 11.4 Å². The predicted molar refractivity (Wildman–Crippen MR) is 34.1 cm³/mol. The van der Waals surface area contributed by atoms with Gasteiger partial charge in [0.05, 0.1) is 0 Å². The average Bonchev–Trinajstić information content (AvgIpc) is 1.85. The number of hydrogen-bond donors (Lipinski definition) is 0. The minimum Gasteiger partial charge on any atom is -0.361 e. The highest BCUT2D eigenvalue weighted by Crippen LogP contribution is 1.87. The summed E-state index contributed by atoms with van der Waals surface area (Å²) in [4.78, 5) is 13.0. The molecule has 0 aromatic carbocycles. The van der Waals surface area contributed by atoms with Crippen LogP contribution in [0.15, 0.2) is 12.7 Å². The average molecular weight is 124 g/mol. The Labute approximate surface area is 53.6 Å². The maximum Gasteiger partial charge on any atom is 0.323 e. The second-order valence-electron chi connectivity index (χ2n) is 1.54. The van der Waals surface area contributed by atoms with Crippen molar-refractivity contribution in [2.24, 2.45) is 0 Å². The number of carbonyl (C=O) groups is 1. The number of allylic oxidation sites excluding steroid dienone is 1. The van der Waals surface area contributed by atoms with Crippen molar-refractivity contribution < 1.29 is 9.58 Å². The van der Waals surface area contributed by atoms with E-state index in [1.54, 1.807) is 6.08 Å². The molecular weight excluding hydrogens is 116 g/mol. The maximum absolute atomic E-state index is 10.4. The minimum absolute atomic E-state index is 0.183. The molecule has 0 saturated heterocycles. The Bertz CT molecular complexity index is 156. The summed E-state index contributed by atoms with van der Waals surface area (Å²) in [6.45, 7) is 3.43. The van der Waals surface area contributed by atoms with Crippen LogP contribution in [0.25, 0.3) is 5.53 Å². The van der Waals surface area contributed by atoms with Crippen molar-refractivity contribution in [1.29, 1.82) is 0 Å². The Morgan fingerprint density at radius 3 is 2.89 bits per heavy atom. The van der Waals surface area contributed by atoms with Crippen molar-refractivity contribution >= 4 is 12.0 Å². The number of ketones is 1. The van der Waals surface area contributed by atoms with Gasteiger partial charge in [-0.3, -0.25) is 4.79 Å². The number of nitrogens with zero attached hydrogens (tertiary/aromatic N) is 2. The largest absolute Gasteiger partial charge is 0.361 e. The highest BCUT2D eigenvalue weighted by Gasteiger charge is 1.97. The molecule has 0 atom stereocenters. The molecule has 0 amide bonds. The molecule has 0 aromatic heterocycles. The Hall–Kier alpha value is -1.21. The molecule has 0 fully saturated rings. The van der Waals surface area contributed by atoms with Crippen LogP contribution in [0.3, 0.4) is 0 Å². The van der Waals surface area contributed by atoms with Gasteiger partial charge in [0.1, 0.15) is 0 Å². The predicted octanol–water partition coefficient (Wildman–Crippen LogP) is 0.822. The molecule has 0 aliphatic carbocycles. The number of Topliss-reactive ketones (excluding diaryl/α,β-unsaturated/α-hetero) is 1. The van der Waals surface area contributed by atoms with Crippen molar-refractivity contribution in [2.45, 2.75) is 12.8 Å². The van der Waals surface area contributed by atoms with Crippen LogP contribution in [-0.4, -0.2) is 16.8 Å². The molecule has 0 unspecified atom stereocenters. The Morgan fingerprint density at radius 2 is 2.44 bits per heavy atom. The summed E-state index contributed by atoms with van der Waals surface area (Å²) in [7, 11) is 0. The molecule has 0 N–H and O–H groups in total. The van der Waals surface area contributed by atoms with Gasteiger partial charge in [-0.1, -0.05) is 6.08 Å². The lowest BCUT2D eigenvalue weighted by atomic mass is 10.2. The zero-order chi connectivity index (χ0) is 7.11. The molecule has 3 nitrogen and oxygen atoms in total. The summed E-state index contributed by atoms with van der Waals surface area (Å²) in [5.41, 5.74) is 7.86. The zero-order valence-electron chi connectivity index (χ0n) is 5.08.